The molecule has 1 aromatic rings. The van der Waals surface area contributed by atoms with E-state index in [1.165, 1.54) is 18.0 Å². The van der Waals surface area contributed by atoms with Crippen LogP contribution in [0.1, 0.15) is 18.4 Å². The SMILES string of the molecule is CN/N=C(\C=C(/C=O)C1CC=CC(SC)C1)CN(C)C=N/C(=C(\C=O)Oc1cc(Cl)cc(C#N)c1)C(F)(F)F. The number of hydrogen-bond donors (Lipinski definition) is 1. The van der Waals surface area contributed by atoms with E-state index in [4.69, 9.17) is 21.6 Å². The van der Waals surface area contributed by atoms with Crippen LogP contribution in [0.15, 0.2) is 63.6 Å². The molecule has 0 bridgehead atoms. The Morgan fingerprint density at radius 2 is 2.08 bits per heavy atom. The number of thioether (sulfide) groups is 1. The lowest BCUT2D eigenvalue weighted by atomic mass is 9.87. The first-order chi connectivity index (χ1) is 18.5. The topological polar surface area (TPSA) is 107 Å². The maximum atomic E-state index is 13.8. The van der Waals surface area contributed by atoms with Gasteiger partial charge in [-0.2, -0.15) is 35.3 Å². The van der Waals surface area contributed by atoms with E-state index in [1.807, 2.05) is 12.3 Å². The summed E-state index contributed by atoms with van der Waals surface area (Å²) >= 11 is 7.56. The fourth-order valence-electron chi connectivity index (χ4n) is 3.66. The van der Waals surface area contributed by atoms with Crippen LogP contribution in [-0.4, -0.2) is 67.8 Å². The predicted molar refractivity (Wildman–Crippen MR) is 147 cm³/mol. The Morgan fingerprint density at radius 1 is 1.33 bits per heavy atom. The number of alkyl halides is 3. The van der Waals surface area contributed by atoms with E-state index >= 15 is 0 Å². The zero-order valence-corrected chi connectivity index (χ0v) is 23.0. The number of nitrogens with zero attached hydrogens (tertiary/aromatic N) is 4. The van der Waals surface area contributed by atoms with E-state index in [0.717, 1.165) is 31.2 Å². The number of benzene rings is 1. The molecule has 0 saturated heterocycles. The maximum Gasteiger partial charge on any atom is 0.437 e. The number of halogens is 4. The van der Waals surface area contributed by atoms with Crippen molar-refractivity contribution < 1.29 is 27.5 Å². The van der Waals surface area contributed by atoms with Crippen LogP contribution in [0.5, 0.6) is 5.75 Å². The molecule has 2 atom stereocenters. The third-order valence-electron chi connectivity index (χ3n) is 5.42. The monoisotopic (exact) mass is 581 g/mol. The predicted octanol–water partition coefficient (Wildman–Crippen LogP) is 4.92. The molecular weight excluding hydrogens is 555 g/mol. The van der Waals surface area contributed by atoms with Crippen LogP contribution in [0.4, 0.5) is 13.2 Å². The molecule has 0 aliphatic heterocycles. The second-order valence-electron chi connectivity index (χ2n) is 8.34. The number of ether oxygens (including phenoxy) is 1. The minimum absolute atomic E-state index is 0.00155. The number of carbonyl (C=O) groups is 2. The Labute approximate surface area is 233 Å². The summed E-state index contributed by atoms with van der Waals surface area (Å²) in [5.41, 5.74) is 2.00. The minimum atomic E-state index is -5.04. The van der Waals surface area contributed by atoms with Gasteiger partial charge in [0.1, 0.15) is 12.0 Å². The second kappa shape index (κ2) is 15.1. The summed E-state index contributed by atoms with van der Waals surface area (Å²) in [5, 5.41) is 13.5. The number of aliphatic imine (C=N–C) groups is 1. The normalized spacial score (nSPS) is 18.8. The summed E-state index contributed by atoms with van der Waals surface area (Å²) < 4.78 is 46.5. The summed E-state index contributed by atoms with van der Waals surface area (Å²) in [6.45, 7) is -0.00155. The molecule has 1 aromatic carbocycles. The van der Waals surface area contributed by atoms with Crippen molar-refractivity contribution in [3.8, 4) is 11.8 Å². The average molecular weight is 582 g/mol. The number of hydrogen-bond acceptors (Lipinski definition) is 8. The van der Waals surface area contributed by atoms with E-state index in [-0.39, 0.29) is 40.3 Å². The summed E-state index contributed by atoms with van der Waals surface area (Å²) in [4.78, 5) is 28.2. The van der Waals surface area contributed by atoms with Gasteiger partial charge < -0.3 is 15.1 Å². The van der Waals surface area contributed by atoms with Crippen molar-refractivity contribution in [1.29, 1.82) is 5.26 Å². The lowest BCUT2D eigenvalue weighted by Crippen LogP contribution is -2.27. The maximum absolute atomic E-state index is 13.8. The van der Waals surface area contributed by atoms with Crippen molar-refractivity contribution in [2.75, 3.05) is 26.9 Å². The molecular formula is C26H27ClF3N5O3S. The number of hydrazone groups is 1. The number of carbonyl (C=O) groups excluding carboxylic acids is 2. The number of rotatable bonds is 12. The standard InChI is InChI=1S/C26H27ClF3N5O3S/c1-32-34-21(9-19(14-36)18-5-4-6-23(10-18)39-3)13-35(2)16-33-25(26(28,29)30)24(15-37)38-22-8-17(12-31)7-20(27)11-22/h4,6-9,11,14-16,18,23,32H,5,10,13H2,1-3H3/b19-9+,25-24+,33-16?,34-21+. The van der Waals surface area contributed by atoms with Crippen molar-refractivity contribution in [3.05, 3.63) is 64.0 Å². The van der Waals surface area contributed by atoms with Crippen LogP contribution < -0.4 is 10.2 Å². The molecule has 1 aliphatic rings. The highest BCUT2D eigenvalue weighted by Gasteiger charge is 2.38. The van der Waals surface area contributed by atoms with Gasteiger partial charge in [-0.05, 0) is 54.9 Å². The lowest BCUT2D eigenvalue weighted by Gasteiger charge is -2.24. The van der Waals surface area contributed by atoms with Gasteiger partial charge >= 0.3 is 6.18 Å². The first kappa shape index (κ1) is 31.7. The van der Waals surface area contributed by atoms with E-state index < -0.39 is 17.6 Å². The van der Waals surface area contributed by atoms with Gasteiger partial charge in [0, 0.05) is 24.4 Å². The second-order valence-corrected chi connectivity index (χ2v) is 9.85. The molecule has 0 aromatic heterocycles. The van der Waals surface area contributed by atoms with Crippen LogP contribution in [0.3, 0.4) is 0 Å². The Hall–Kier alpha value is -3.56. The smallest absolute Gasteiger partial charge is 0.437 e. The van der Waals surface area contributed by atoms with E-state index in [9.17, 15) is 22.8 Å². The molecule has 0 amide bonds. The molecule has 208 valence electrons. The fraction of sp³-hybridized carbons (Fsp3) is 0.346. The summed E-state index contributed by atoms with van der Waals surface area (Å²) in [6, 6.07) is 5.39. The Balaban J connectivity index is 2.31. The fourth-order valence-corrected chi connectivity index (χ4v) is 4.58. The van der Waals surface area contributed by atoms with Crippen LogP contribution in [0, 0.1) is 17.2 Å². The highest BCUT2D eigenvalue weighted by Crippen LogP contribution is 2.32. The zero-order chi connectivity index (χ0) is 29.0. The third kappa shape index (κ3) is 9.92. The molecule has 2 rings (SSSR count). The molecule has 2 unspecified atom stereocenters. The van der Waals surface area contributed by atoms with Crippen LogP contribution in [0.2, 0.25) is 5.02 Å². The van der Waals surface area contributed by atoms with Gasteiger partial charge in [0.2, 0.25) is 0 Å². The van der Waals surface area contributed by atoms with Crippen LogP contribution in [0.25, 0.3) is 0 Å². The van der Waals surface area contributed by atoms with Gasteiger partial charge in [-0.3, -0.25) is 9.59 Å². The largest absolute Gasteiger partial charge is 0.452 e. The highest BCUT2D eigenvalue weighted by molar-refractivity contribution is 7.99. The molecule has 0 saturated carbocycles. The lowest BCUT2D eigenvalue weighted by molar-refractivity contribution is -0.110. The number of nitriles is 1. The van der Waals surface area contributed by atoms with Gasteiger partial charge in [0.15, 0.2) is 17.7 Å². The first-order valence-corrected chi connectivity index (χ1v) is 13.2. The molecule has 39 heavy (non-hydrogen) atoms. The molecule has 1 N–H and O–H groups in total. The molecule has 0 radical (unpaired) electrons. The van der Waals surface area contributed by atoms with Crippen molar-refractivity contribution >= 4 is 48.0 Å². The summed E-state index contributed by atoms with van der Waals surface area (Å²) in [6.07, 6.45) is 5.70. The van der Waals surface area contributed by atoms with Gasteiger partial charge in [0.05, 0.1) is 30.2 Å². The molecule has 0 heterocycles. The molecule has 1 aliphatic carbocycles. The zero-order valence-electron chi connectivity index (χ0n) is 21.4. The first-order valence-electron chi connectivity index (χ1n) is 11.5. The van der Waals surface area contributed by atoms with Crippen molar-refractivity contribution in [3.63, 3.8) is 0 Å². The number of nitrogens with one attached hydrogen (secondary N) is 1. The third-order valence-corrected chi connectivity index (χ3v) is 6.59. The summed E-state index contributed by atoms with van der Waals surface area (Å²) in [5.74, 6) is -1.35. The Kier molecular flexibility index (Phi) is 12.3. The van der Waals surface area contributed by atoms with Crippen molar-refractivity contribution in [2.45, 2.75) is 24.3 Å². The van der Waals surface area contributed by atoms with Gasteiger partial charge in [-0.15, -0.1) is 0 Å². The molecule has 0 spiro atoms. The average Bonchev–Trinajstić information content (AvgIpc) is 2.90. The molecule has 8 nitrogen and oxygen atoms in total. The minimum Gasteiger partial charge on any atom is -0.452 e. The van der Waals surface area contributed by atoms with Gasteiger partial charge in [-0.1, -0.05) is 23.8 Å². The Bertz CT molecular complexity index is 1240. The quantitative estimate of drug-likeness (QED) is 0.0710. The van der Waals surface area contributed by atoms with Crippen molar-refractivity contribution in [1.82, 2.24) is 10.3 Å². The number of allylic oxidation sites excluding steroid dienone is 4. The Morgan fingerprint density at radius 3 is 2.67 bits per heavy atom. The molecule has 0 fully saturated rings. The van der Waals surface area contributed by atoms with Crippen LogP contribution in [-0.2, 0) is 9.59 Å². The summed E-state index contributed by atoms with van der Waals surface area (Å²) in [7, 11) is 3.02. The van der Waals surface area contributed by atoms with E-state index in [0.29, 0.717) is 17.7 Å². The van der Waals surface area contributed by atoms with Crippen molar-refractivity contribution in [2.24, 2.45) is 16.0 Å². The van der Waals surface area contributed by atoms with E-state index in [1.54, 1.807) is 31.0 Å². The highest BCUT2D eigenvalue weighted by atomic mass is 35.5. The van der Waals surface area contributed by atoms with E-state index in [2.05, 4.69) is 21.6 Å². The van der Waals surface area contributed by atoms with Crippen LogP contribution >= 0.6 is 23.4 Å². The van der Waals surface area contributed by atoms with Gasteiger partial charge in [-0.25, -0.2) is 4.99 Å². The number of aldehydes is 2. The molecule has 13 heteroatoms. The van der Waals surface area contributed by atoms with Gasteiger partial charge in [0.25, 0.3) is 0 Å².